The van der Waals surface area contributed by atoms with Crippen molar-refractivity contribution in [1.82, 2.24) is 0 Å². The lowest BCUT2D eigenvalue weighted by Gasteiger charge is -2.05. The summed E-state index contributed by atoms with van der Waals surface area (Å²) >= 11 is 0. The second-order valence-electron chi connectivity index (χ2n) is 4.57. The Balaban J connectivity index is 3.92. The standard InChI is InChI=1S/C12H22O/c1-9(2)6-11(5)8-12(13)7-10(3)4/h6,9-10H,7-8H2,1-5H3/b11-6+. The molecular formula is C12H22O. The van der Waals surface area contributed by atoms with Crippen molar-refractivity contribution in [3.8, 4) is 0 Å². The lowest BCUT2D eigenvalue weighted by Crippen LogP contribution is -2.03. The van der Waals surface area contributed by atoms with Crippen LogP contribution in [0.25, 0.3) is 0 Å². The second-order valence-corrected chi connectivity index (χ2v) is 4.57. The predicted octanol–water partition coefficient (Wildman–Crippen LogP) is 3.59. The van der Waals surface area contributed by atoms with Crippen molar-refractivity contribution in [1.29, 1.82) is 0 Å². The molecule has 1 nitrogen and oxygen atoms in total. The van der Waals surface area contributed by atoms with E-state index in [0.717, 1.165) is 0 Å². The number of allylic oxidation sites excluding steroid dienone is 2. The molecule has 0 unspecified atom stereocenters. The molecule has 0 radical (unpaired) electrons. The zero-order valence-corrected chi connectivity index (χ0v) is 9.55. The minimum absolute atomic E-state index is 0.365. The maximum atomic E-state index is 11.4. The van der Waals surface area contributed by atoms with Crippen LogP contribution in [0.4, 0.5) is 0 Å². The van der Waals surface area contributed by atoms with E-state index >= 15 is 0 Å². The van der Waals surface area contributed by atoms with Gasteiger partial charge in [-0.05, 0) is 18.8 Å². The smallest absolute Gasteiger partial charge is 0.137 e. The molecule has 0 fully saturated rings. The van der Waals surface area contributed by atoms with Gasteiger partial charge in [-0.1, -0.05) is 39.3 Å². The average molecular weight is 182 g/mol. The van der Waals surface area contributed by atoms with Crippen molar-refractivity contribution in [3.63, 3.8) is 0 Å². The highest BCUT2D eigenvalue weighted by Crippen LogP contribution is 2.10. The van der Waals surface area contributed by atoms with Crippen LogP contribution in [0, 0.1) is 11.8 Å². The van der Waals surface area contributed by atoms with Crippen molar-refractivity contribution >= 4 is 5.78 Å². The summed E-state index contributed by atoms with van der Waals surface area (Å²) in [6.07, 6.45) is 3.51. The van der Waals surface area contributed by atoms with Crippen LogP contribution in [0.15, 0.2) is 11.6 Å². The van der Waals surface area contributed by atoms with Crippen LogP contribution in [-0.4, -0.2) is 5.78 Å². The van der Waals surface area contributed by atoms with E-state index in [-0.39, 0.29) is 0 Å². The summed E-state index contributed by atoms with van der Waals surface area (Å²) in [5.41, 5.74) is 1.21. The van der Waals surface area contributed by atoms with Crippen molar-refractivity contribution in [2.75, 3.05) is 0 Å². The van der Waals surface area contributed by atoms with Crippen molar-refractivity contribution in [2.45, 2.75) is 47.5 Å². The van der Waals surface area contributed by atoms with E-state index < -0.39 is 0 Å². The van der Waals surface area contributed by atoms with E-state index in [9.17, 15) is 4.79 Å². The molecule has 0 aliphatic heterocycles. The SMILES string of the molecule is C/C(=C\C(C)C)CC(=O)CC(C)C. The van der Waals surface area contributed by atoms with Gasteiger partial charge < -0.3 is 0 Å². The summed E-state index contributed by atoms with van der Waals surface area (Å²) in [4.78, 5) is 11.4. The number of ketones is 1. The predicted molar refractivity (Wildman–Crippen MR) is 57.7 cm³/mol. The van der Waals surface area contributed by atoms with E-state index in [2.05, 4.69) is 33.8 Å². The molecule has 0 atom stereocenters. The quantitative estimate of drug-likeness (QED) is 0.594. The van der Waals surface area contributed by atoms with Crippen molar-refractivity contribution in [2.24, 2.45) is 11.8 Å². The minimum Gasteiger partial charge on any atom is -0.299 e. The highest BCUT2D eigenvalue weighted by Gasteiger charge is 2.05. The molecule has 1 heteroatoms. The van der Waals surface area contributed by atoms with Gasteiger partial charge in [-0.3, -0.25) is 4.79 Å². The maximum Gasteiger partial charge on any atom is 0.137 e. The molecule has 0 amide bonds. The van der Waals surface area contributed by atoms with Crippen LogP contribution < -0.4 is 0 Å². The fourth-order valence-corrected chi connectivity index (χ4v) is 1.47. The first-order valence-electron chi connectivity index (χ1n) is 5.10. The van der Waals surface area contributed by atoms with Crippen molar-refractivity contribution in [3.05, 3.63) is 11.6 Å². The molecule has 0 aromatic carbocycles. The molecule has 0 saturated carbocycles. The van der Waals surface area contributed by atoms with E-state index in [0.29, 0.717) is 30.5 Å². The largest absolute Gasteiger partial charge is 0.299 e. The third kappa shape index (κ3) is 7.76. The first kappa shape index (κ1) is 12.4. The van der Waals surface area contributed by atoms with Gasteiger partial charge in [0.25, 0.3) is 0 Å². The van der Waals surface area contributed by atoms with E-state index in [1.165, 1.54) is 5.57 Å². The number of hydrogen-bond acceptors (Lipinski definition) is 1. The molecule has 76 valence electrons. The fourth-order valence-electron chi connectivity index (χ4n) is 1.47. The van der Waals surface area contributed by atoms with Gasteiger partial charge in [-0.25, -0.2) is 0 Å². The molecule has 0 aromatic rings. The Kier molecular flexibility index (Phi) is 5.68. The Bertz CT molecular complexity index is 187. The number of carbonyl (C=O) groups is 1. The van der Waals surface area contributed by atoms with Crippen molar-refractivity contribution < 1.29 is 4.79 Å². The van der Waals surface area contributed by atoms with Gasteiger partial charge in [-0.2, -0.15) is 0 Å². The summed E-state index contributed by atoms with van der Waals surface area (Å²) in [6, 6.07) is 0. The summed E-state index contributed by atoms with van der Waals surface area (Å²) < 4.78 is 0. The topological polar surface area (TPSA) is 17.1 Å². The molecule has 0 bridgehead atoms. The number of Topliss-reactive ketones (excluding diaryl/α,β-unsaturated/α-hetero) is 1. The van der Waals surface area contributed by atoms with Gasteiger partial charge in [0.15, 0.2) is 0 Å². The first-order valence-corrected chi connectivity index (χ1v) is 5.10. The monoisotopic (exact) mass is 182 g/mol. The molecule has 0 aliphatic rings. The van der Waals surface area contributed by atoms with Gasteiger partial charge >= 0.3 is 0 Å². The highest BCUT2D eigenvalue weighted by atomic mass is 16.1. The van der Waals surface area contributed by atoms with E-state index in [1.807, 2.05) is 6.92 Å². The Morgan fingerprint density at radius 2 is 1.77 bits per heavy atom. The van der Waals surface area contributed by atoms with Crippen LogP contribution in [0.1, 0.15) is 47.5 Å². The Morgan fingerprint density at radius 1 is 1.23 bits per heavy atom. The van der Waals surface area contributed by atoms with Gasteiger partial charge in [0.2, 0.25) is 0 Å². The minimum atomic E-state index is 0.365. The Labute approximate surface area is 82.2 Å². The Hall–Kier alpha value is -0.590. The molecule has 0 N–H and O–H groups in total. The summed E-state index contributed by atoms with van der Waals surface area (Å²) in [7, 11) is 0. The number of hydrogen-bond donors (Lipinski definition) is 0. The molecule has 0 rings (SSSR count). The maximum absolute atomic E-state index is 11.4. The molecular weight excluding hydrogens is 160 g/mol. The third-order valence-electron chi connectivity index (χ3n) is 1.73. The Morgan fingerprint density at radius 3 is 2.15 bits per heavy atom. The van der Waals surface area contributed by atoms with E-state index in [4.69, 9.17) is 0 Å². The summed E-state index contributed by atoms with van der Waals surface area (Å²) in [5, 5.41) is 0. The second kappa shape index (κ2) is 5.95. The van der Waals surface area contributed by atoms with Gasteiger partial charge in [0, 0.05) is 12.8 Å². The molecule has 0 saturated heterocycles. The molecule has 0 heterocycles. The number of carbonyl (C=O) groups excluding carboxylic acids is 1. The third-order valence-corrected chi connectivity index (χ3v) is 1.73. The van der Waals surface area contributed by atoms with Crippen LogP contribution in [-0.2, 0) is 4.79 Å². The number of rotatable bonds is 5. The normalized spacial score (nSPS) is 12.7. The highest BCUT2D eigenvalue weighted by molar-refractivity contribution is 5.80. The lowest BCUT2D eigenvalue weighted by molar-refractivity contribution is -0.119. The first-order chi connectivity index (χ1) is 5.91. The zero-order chi connectivity index (χ0) is 10.4. The van der Waals surface area contributed by atoms with E-state index in [1.54, 1.807) is 0 Å². The van der Waals surface area contributed by atoms with Gasteiger partial charge in [-0.15, -0.1) is 0 Å². The van der Waals surface area contributed by atoms with Crippen LogP contribution in [0.2, 0.25) is 0 Å². The molecule has 0 aromatic heterocycles. The van der Waals surface area contributed by atoms with Crippen LogP contribution in [0.3, 0.4) is 0 Å². The van der Waals surface area contributed by atoms with Crippen LogP contribution in [0.5, 0.6) is 0 Å². The summed E-state index contributed by atoms with van der Waals surface area (Å²) in [6.45, 7) is 10.5. The lowest BCUT2D eigenvalue weighted by atomic mass is 10.00. The van der Waals surface area contributed by atoms with Gasteiger partial charge in [0.1, 0.15) is 5.78 Å². The van der Waals surface area contributed by atoms with Crippen LogP contribution >= 0.6 is 0 Å². The molecule has 0 spiro atoms. The zero-order valence-electron chi connectivity index (χ0n) is 9.55. The fraction of sp³-hybridized carbons (Fsp3) is 0.750. The molecule has 0 aliphatic carbocycles. The molecule has 13 heavy (non-hydrogen) atoms. The summed E-state index contributed by atoms with van der Waals surface area (Å²) in [5.74, 6) is 1.40. The average Bonchev–Trinajstić information content (AvgIpc) is 1.80. The van der Waals surface area contributed by atoms with Gasteiger partial charge in [0.05, 0.1) is 0 Å².